The van der Waals surface area contributed by atoms with Crippen molar-refractivity contribution in [1.82, 2.24) is 10.3 Å². The fraction of sp³-hybridized carbons (Fsp3) is 0.667. The number of anilines is 1. The summed E-state index contributed by atoms with van der Waals surface area (Å²) in [5, 5.41) is 4.07. The summed E-state index contributed by atoms with van der Waals surface area (Å²) in [5.41, 5.74) is 1.11. The van der Waals surface area contributed by atoms with Crippen LogP contribution in [-0.2, 0) is 11.3 Å². The molecule has 0 bridgehead atoms. The summed E-state index contributed by atoms with van der Waals surface area (Å²) in [4.78, 5) is 6.47. The molecule has 0 radical (unpaired) electrons. The SMILES string of the molecule is CCOCCN(C)c1ncc(CNCC(C)C)cc1Cl. The van der Waals surface area contributed by atoms with Gasteiger partial charge in [-0.15, -0.1) is 0 Å². The van der Waals surface area contributed by atoms with Crippen LogP contribution in [0.2, 0.25) is 5.02 Å². The third-order valence-corrected chi connectivity index (χ3v) is 3.17. The molecule has 0 spiro atoms. The Kier molecular flexibility index (Phi) is 7.88. The van der Waals surface area contributed by atoms with E-state index in [0.717, 1.165) is 37.6 Å². The number of halogens is 1. The summed E-state index contributed by atoms with van der Waals surface area (Å²) in [6.45, 7) is 10.4. The average Bonchev–Trinajstić information content (AvgIpc) is 2.38. The lowest BCUT2D eigenvalue weighted by molar-refractivity contribution is 0.154. The molecule has 5 heteroatoms. The van der Waals surface area contributed by atoms with Gasteiger partial charge in [0, 0.05) is 32.9 Å². The highest BCUT2D eigenvalue weighted by atomic mass is 35.5. The minimum Gasteiger partial charge on any atom is -0.380 e. The molecule has 1 N–H and O–H groups in total. The van der Waals surface area contributed by atoms with Gasteiger partial charge in [-0.1, -0.05) is 25.4 Å². The van der Waals surface area contributed by atoms with Crippen molar-refractivity contribution >= 4 is 17.4 Å². The van der Waals surface area contributed by atoms with Crippen LogP contribution >= 0.6 is 11.6 Å². The quantitative estimate of drug-likeness (QED) is 0.711. The van der Waals surface area contributed by atoms with E-state index in [0.29, 0.717) is 17.5 Å². The van der Waals surface area contributed by atoms with Crippen molar-refractivity contribution in [2.45, 2.75) is 27.3 Å². The van der Waals surface area contributed by atoms with Crippen LogP contribution in [0.15, 0.2) is 12.3 Å². The Hall–Kier alpha value is -0.840. The van der Waals surface area contributed by atoms with Gasteiger partial charge >= 0.3 is 0 Å². The summed E-state index contributed by atoms with van der Waals surface area (Å²) in [6, 6.07) is 1.98. The Morgan fingerprint density at radius 1 is 1.45 bits per heavy atom. The highest BCUT2D eigenvalue weighted by Crippen LogP contribution is 2.23. The van der Waals surface area contributed by atoms with Gasteiger partial charge in [-0.25, -0.2) is 4.98 Å². The van der Waals surface area contributed by atoms with Crippen LogP contribution < -0.4 is 10.2 Å². The largest absolute Gasteiger partial charge is 0.380 e. The fourth-order valence-electron chi connectivity index (χ4n) is 1.80. The molecule has 0 fully saturated rings. The normalized spacial score (nSPS) is 11.1. The van der Waals surface area contributed by atoms with Crippen LogP contribution in [0.25, 0.3) is 0 Å². The summed E-state index contributed by atoms with van der Waals surface area (Å²) >= 11 is 6.31. The van der Waals surface area contributed by atoms with Gasteiger partial charge in [-0.05, 0) is 31.0 Å². The molecule has 0 amide bonds. The molecule has 0 saturated heterocycles. The maximum atomic E-state index is 6.31. The van der Waals surface area contributed by atoms with E-state index in [1.54, 1.807) is 0 Å². The Labute approximate surface area is 127 Å². The van der Waals surface area contributed by atoms with E-state index in [1.807, 2.05) is 31.1 Å². The van der Waals surface area contributed by atoms with E-state index in [1.165, 1.54) is 0 Å². The molecule has 0 aliphatic carbocycles. The molecule has 1 rings (SSSR count). The van der Waals surface area contributed by atoms with E-state index in [-0.39, 0.29) is 0 Å². The topological polar surface area (TPSA) is 37.4 Å². The van der Waals surface area contributed by atoms with E-state index in [9.17, 15) is 0 Å². The molecule has 20 heavy (non-hydrogen) atoms. The second-order valence-electron chi connectivity index (χ2n) is 5.29. The summed E-state index contributed by atoms with van der Waals surface area (Å²) in [5.74, 6) is 1.45. The zero-order chi connectivity index (χ0) is 15.0. The average molecular weight is 300 g/mol. The zero-order valence-electron chi connectivity index (χ0n) is 12.9. The molecule has 1 heterocycles. The Morgan fingerprint density at radius 2 is 2.20 bits per heavy atom. The second kappa shape index (κ2) is 9.16. The molecule has 0 aromatic carbocycles. The van der Waals surface area contributed by atoms with E-state index < -0.39 is 0 Å². The second-order valence-corrected chi connectivity index (χ2v) is 5.70. The predicted molar refractivity (Wildman–Crippen MR) is 85.6 cm³/mol. The van der Waals surface area contributed by atoms with Crippen molar-refractivity contribution in [1.29, 1.82) is 0 Å². The van der Waals surface area contributed by atoms with Crippen LogP contribution in [0.1, 0.15) is 26.3 Å². The lowest BCUT2D eigenvalue weighted by Crippen LogP contribution is -2.24. The molecule has 0 saturated carbocycles. The van der Waals surface area contributed by atoms with Crippen LogP contribution in [0.5, 0.6) is 0 Å². The molecule has 114 valence electrons. The molecule has 0 unspecified atom stereocenters. The minimum absolute atomic E-state index is 0.641. The van der Waals surface area contributed by atoms with Gasteiger partial charge in [0.15, 0.2) is 0 Å². The van der Waals surface area contributed by atoms with E-state index in [2.05, 4.69) is 24.1 Å². The third kappa shape index (κ3) is 6.07. The monoisotopic (exact) mass is 299 g/mol. The van der Waals surface area contributed by atoms with E-state index in [4.69, 9.17) is 16.3 Å². The van der Waals surface area contributed by atoms with Crippen molar-refractivity contribution in [3.63, 3.8) is 0 Å². The van der Waals surface area contributed by atoms with Gasteiger partial charge in [0.1, 0.15) is 5.82 Å². The molecular weight excluding hydrogens is 274 g/mol. The number of hydrogen-bond acceptors (Lipinski definition) is 4. The third-order valence-electron chi connectivity index (χ3n) is 2.90. The fourth-order valence-corrected chi connectivity index (χ4v) is 2.14. The first kappa shape index (κ1) is 17.2. The highest BCUT2D eigenvalue weighted by Gasteiger charge is 2.08. The zero-order valence-corrected chi connectivity index (χ0v) is 13.7. The maximum Gasteiger partial charge on any atom is 0.147 e. The number of hydrogen-bond donors (Lipinski definition) is 1. The first-order valence-corrected chi connectivity index (χ1v) is 7.56. The molecule has 0 aliphatic heterocycles. The minimum atomic E-state index is 0.641. The predicted octanol–water partition coefficient (Wildman–Crippen LogP) is 2.95. The smallest absolute Gasteiger partial charge is 0.147 e. The van der Waals surface area contributed by atoms with E-state index >= 15 is 0 Å². The molecule has 1 aromatic heterocycles. The Bertz CT molecular complexity index is 399. The Morgan fingerprint density at radius 3 is 2.80 bits per heavy atom. The Balaban J connectivity index is 2.54. The molecular formula is C15H26ClN3O. The number of nitrogens with one attached hydrogen (secondary N) is 1. The standard InChI is InChI=1S/C15H26ClN3O/c1-5-20-7-6-19(4)15-14(16)8-13(11-18-15)10-17-9-12(2)3/h8,11-12,17H,5-7,9-10H2,1-4H3. The molecule has 4 nitrogen and oxygen atoms in total. The summed E-state index contributed by atoms with van der Waals surface area (Å²) in [7, 11) is 1.98. The van der Waals surface area contributed by atoms with Crippen molar-refractivity contribution in [3.05, 3.63) is 22.8 Å². The van der Waals surface area contributed by atoms with Gasteiger partial charge in [0.05, 0.1) is 11.6 Å². The van der Waals surface area contributed by atoms with Gasteiger partial charge in [-0.2, -0.15) is 0 Å². The van der Waals surface area contributed by atoms with Crippen molar-refractivity contribution < 1.29 is 4.74 Å². The van der Waals surface area contributed by atoms with Crippen molar-refractivity contribution in [3.8, 4) is 0 Å². The van der Waals surface area contributed by atoms with Gasteiger partial charge in [-0.3, -0.25) is 0 Å². The maximum absolute atomic E-state index is 6.31. The first-order valence-electron chi connectivity index (χ1n) is 7.18. The summed E-state index contributed by atoms with van der Waals surface area (Å²) in [6.07, 6.45) is 1.88. The highest BCUT2D eigenvalue weighted by molar-refractivity contribution is 6.33. The van der Waals surface area contributed by atoms with Crippen LogP contribution in [-0.4, -0.2) is 38.3 Å². The number of ether oxygens (including phenoxy) is 1. The number of rotatable bonds is 9. The van der Waals surface area contributed by atoms with Crippen molar-refractivity contribution in [2.75, 3.05) is 38.3 Å². The number of likely N-dealkylation sites (N-methyl/N-ethyl adjacent to an activating group) is 1. The molecule has 0 atom stereocenters. The lowest BCUT2D eigenvalue weighted by atomic mass is 10.2. The van der Waals surface area contributed by atoms with Crippen LogP contribution in [0.3, 0.4) is 0 Å². The van der Waals surface area contributed by atoms with Gasteiger partial charge < -0.3 is 15.0 Å². The molecule has 0 aliphatic rings. The summed E-state index contributed by atoms with van der Waals surface area (Å²) < 4.78 is 5.34. The van der Waals surface area contributed by atoms with Gasteiger partial charge in [0.2, 0.25) is 0 Å². The number of nitrogens with zero attached hydrogens (tertiary/aromatic N) is 2. The van der Waals surface area contributed by atoms with Crippen LogP contribution in [0.4, 0.5) is 5.82 Å². The number of aromatic nitrogens is 1. The van der Waals surface area contributed by atoms with Crippen molar-refractivity contribution in [2.24, 2.45) is 5.92 Å². The number of pyridine rings is 1. The van der Waals surface area contributed by atoms with Crippen LogP contribution in [0, 0.1) is 5.92 Å². The molecule has 1 aromatic rings. The lowest BCUT2D eigenvalue weighted by Gasteiger charge is -2.19. The first-order chi connectivity index (χ1) is 9.54. The van der Waals surface area contributed by atoms with Gasteiger partial charge in [0.25, 0.3) is 0 Å².